The van der Waals surface area contributed by atoms with E-state index in [4.69, 9.17) is 4.74 Å². The fourth-order valence-electron chi connectivity index (χ4n) is 2.56. The van der Waals surface area contributed by atoms with Crippen LogP contribution in [0.15, 0.2) is 59.6 Å². The SMILES string of the molecule is COc1ccc(NC(=O)CSc2cc(C)nc(-c3ccc(C(F)(F)F)cc3)n2)cc1. The van der Waals surface area contributed by atoms with Gasteiger partial charge in [0.15, 0.2) is 5.82 Å². The van der Waals surface area contributed by atoms with Crippen LogP contribution in [0.3, 0.4) is 0 Å². The van der Waals surface area contributed by atoms with Crippen LogP contribution in [0, 0.1) is 6.92 Å². The monoisotopic (exact) mass is 433 g/mol. The minimum atomic E-state index is -4.40. The number of aromatic nitrogens is 2. The lowest BCUT2D eigenvalue weighted by atomic mass is 10.1. The number of aryl methyl sites for hydroxylation is 1. The summed E-state index contributed by atoms with van der Waals surface area (Å²) in [5.74, 6) is 0.906. The summed E-state index contributed by atoms with van der Waals surface area (Å²) in [5.41, 5.74) is 1.03. The minimum Gasteiger partial charge on any atom is -0.497 e. The Balaban J connectivity index is 1.66. The summed E-state index contributed by atoms with van der Waals surface area (Å²) < 4.78 is 43.3. The van der Waals surface area contributed by atoms with Crippen LogP contribution in [0.1, 0.15) is 11.3 Å². The van der Waals surface area contributed by atoms with E-state index in [0.29, 0.717) is 33.5 Å². The van der Waals surface area contributed by atoms with Crippen molar-refractivity contribution < 1.29 is 22.7 Å². The Bertz CT molecular complexity index is 1020. The highest BCUT2D eigenvalue weighted by Crippen LogP contribution is 2.30. The Hall–Kier alpha value is -3.07. The highest BCUT2D eigenvalue weighted by molar-refractivity contribution is 7.99. The molecule has 2 aromatic carbocycles. The molecule has 156 valence electrons. The maximum Gasteiger partial charge on any atom is 0.416 e. The highest BCUT2D eigenvalue weighted by Gasteiger charge is 2.30. The number of carbonyl (C=O) groups excluding carboxylic acids is 1. The van der Waals surface area contributed by atoms with Gasteiger partial charge in [-0.15, -0.1) is 0 Å². The molecule has 0 aliphatic carbocycles. The maximum absolute atomic E-state index is 12.7. The van der Waals surface area contributed by atoms with Crippen LogP contribution in [-0.4, -0.2) is 28.7 Å². The lowest BCUT2D eigenvalue weighted by molar-refractivity contribution is -0.137. The molecule has 30 heavy (non-hydrogen) atoms. The van der Waals surface area contributed by atoms with Gasteiger partial charge in [0.05, 0.1) is 18.4 Å². The fraction of sp³-hybridized carbons (Fsp3) is 0.190. The van der Waals surface area contributed by atoms with Crippen molar-refractivity contribution in [2.24, 2.45) is 0 Å². The third kappa shape index (κ3) is 5.73. The van der Waals surface area contributed by atoms with E-state index in [1.54, 1.807) is 44.4 Å². The van der Waals surface area contributed by atoms with Crippen LogP contribution in [0.25, 0.3) is 11.4 Å². The smallest absolute Gasteiger partial charge is 0.416 e. The van der Waals surface area contributed by atoms with E-state index in [1.165, 1.54) is 23.9 Å². The van der Waals surface area contributed by atoms with E-state index < -0.39 is 11.7 Å². The van der Waals surface area contributed by atoms with Crippen LogP contribution in [0.2, 0.25) is 0 Å². The molecule has 0 atom stereocenters. The topological polar surface area (TPSA) is 64.1 Å². The van der Waals surface area contributed by atoms with E-state index in [0.717, 1.165) is 12.1 Å². The Morgan fingerprint density at radius 1 is 1.07 bits per heavy atom. The van der Waals surface area contributed by atoms with E-state index in [1.807, 2.05) is 0 Å². The van der Waals surface area contributed by atoms with Gasteiger partial charge < -0.3 is 10.1 Å². The van der Waals surface area contributed by atoms with Crippen molar-refractivity contribution in [2.45, 2.75) is 18.1 Å². The molecule has 1 amide bonds. The van der Waals surface area contributed by atoms with E-state index in [9.17, 15) is 18.0 Å². The fourth-order valence-corrected chi connectivity index (χ4v) is 3.32. The number of nitrogens with one attached hydrogen (secondary N) is 1. The first-order valence-electron chi connectivity index (χ1n) is 8.84. The standard InChI is InChI=1S/C21H18F3N3O2S/c1-13-11-19(30-12-18(28)26-16-7-9-17(29-2)10-8-16)27-20(25-13)14-3-5-15(6-4-14)21(22,23)24/h3-11H,12H2,1-2H3,(H,26,28). The minimum absolute atomic E-state index is 0.120. The number of ether oxygens (including phenoxy) is 1. The molecule has 0 saturated heterocycles. The van der Waals surface area contributed by atoms with Crippen molar-refractivity contribution in [3.8, 4) is 17.1 Å². The molecule has 3 rings (SSSR count). The lowest BCUT2D eigenvalue weighted by Gasteiger charge is -2.09. The Morgan fingerprint density at radius 3 is 2.33 bits per heavy atom. The van der Waals surface area contributed by atoms with Gasteiger partial charge in [0.1, 0.15) is 10.8 Å². The third-order valence-electron chi connectivity index (χ3n) is 4.03. The predicted octanol–water partition coefficient (Wildman–Crippen LogP) is 5.21. The van der Waals surface area contributed by atoms with E-state index in [2.05, 4.69) is 15.3 Å². The van der Waals surface area contributed by atoms with Gasteiger partial charge in [-0.1, -0.05) is 23.9 Å². The third-order valence-corrected chi connectivity index (χ3v) is 4.94. The zero-order valence-corrected chi connectivity index (χ0v) is 17.0. The first kappa shape index (κ1) is 21.6. The Morgan fingerprint density at radius 2 is 1.73 bits per heavy atom. The molecule has 0 aliphatic rings. The van der Waals surface area contributed by atoms with Crippen LogP contribution in [0.4, 0.5) is 18.9 Å². The van der Waals surface area contributed by atoms with Crippen LogP contribution in [-0.2, 0) is 11.0 Å². The van der Waals surface area contributed by atoms with Gasteiger partial charge in [0.2, 0.25) is 5.91 Å². The maximum atomic E-state index is 12.7. The molecule has 0 radical (unpaired) electrons. The molecule has 0 fully saturated rings. The summed E-state index contributed by atoms with van der Waals surface area (Å²) in [4.78, 5) is 20.9. The molecule has 5 nitrogen and oxygen atoms in total. The second-order valence-corrected chi connectivity index (χ2v) is 7.31. The molecule has 0 spiro atoms. The number of carbonyl (C=O) groups is 1. The molecule has 0 aliphatic heterocycles. The van der Waals surface area contributed by atoms with Crippen molar-refractivity contribution in [3.63, 3.8) is 0 Å². The number of alkyl halides is 3. The molecule has 0 bridgehead atoms. The van der Waals surface area contributed by atoms with Gasteiger partial charge in [-0.05, 0) is 49.4 Å². The first-order valence-corrected chi connectivity index (χ1v) is 9.83. The van der Waals surface area contributed by atoms with Crippen molar-refractivity contribution in [1.29, 1.82) is 0 Å². The number of rotatable bonds is 6. The van der Waals surface area contributed by atoms with Crippen LogP contribution in [0.5, 0.6) is 5.75 Å². The summed E-state index contributed by atoms with van der Waals surface area (Å²) in [7, 11) is 1.56. The summed E-state index contributed by atoms with van der Waals surface area (Å²) >= 11 is 1.22. The van der Waals surface area contributed by atoms with Gasteiger partial charge in [0, 0.05) is 16.9 Å². The first-order chi connectivity index (χ1) is 14.2. The van der Waals surface area contributed by atoms with Crippen LogP contribution >= 0.6 is 11.8 Å². The van der Waals surface area contributed by atoms with Crippen LogP contribution < -0.4 is 10.1 Å². The average Bonchev–Trinajstić information content (AvgIpc) is 2.72. The summed E-state index contributed by atoms with van der Waals surface area (Å²) in [6.45, 7) is 1.76. The molecule has 1 aromatic heterocycles. The molecule has 9 heteroatoms. The van der Waals surface area contributed by atoms with Crippen molar-refractivity contribution in [2.75, 3.05) is 18.2 Å². The van der Waals surface area contributed by atoms with Gasteiger partial charge >= 0.3 is 6.18 Å². The number of methoxy groups -OCH3 is 1. The molecule has 1 heterocycles. The Kier molecular flexibility index (Phi) is 6.61. The molecule has 0 unspecified atom stereocenters. The van der Waals surface area contributed by atoms with Gasteiger partial charge in [0.25, 0.3) is 0 Å². The van der Waals surface area contributed by atoms with E-state index >= 15 is 0 Å². The second kappa shape index (κ2) is 9.17. The zero-order valence-electron chi connectivity index (χ0n) is 16.2. The molecule has 3 aromatic rings. The van der Waals surface area contributed by atoms with Gasteiger partial charge in [-0.25, -0.2) is 9.97 Å². The number of thioether (sulfide) groups is 1. The molecular weight excluding hydrogens is 415 g/mol. The summed E-state index contributed by atoms with van der Waals surface area (Å²) in [6.07, 6.45) is -4.40. The van der Waals surface area contributed by atoms with Crippen molar-refractivity contribution >= 4 is 23.4 Å². The van der Waals surface area contributed by atoms with Gasteiger partial charge in [-0.2, -0.15) is 13.2 Å². The number of hydrogen-bond acceptors (Lipinski definition) is 5. The number of anilines is 1. The largest absolute Gasteiger partial charge is 0.497 e. The lowest BCUT2D eigenvalue weighted by Crippen LogP contribution is -2.14. The molecule has 0 saturated carbocycles. The number of nitrogens with zero attached hydrogens (tertiary/aromatic N) is 2. The Labute approximate surface area is 175 Å². The van der Waals surface area contributed by atoms with Crippen molar-refractivity contribution in [1.82, 2.24) is 9.97 Å². The number of hydrogen-bond donors (Lipinski definition) is 1. The molecular formula is C21H18F3N3O2S. The number of halogens is 3. The number of benzene rings is 2. The zero-order chi connectivity index (χ0) is 21.7. The molecule has 1 N–H and O–H groups in total. The average molecular weight is 433 g/mol. The van der Waals surface area contributed by atoms with E-state index in [-0.39, 0.29) is 11.7 Å². The summed E-state index contributed by atoms with van der Waals surface area (Å²) in [5, 5.41) is 3.34. The quantitative estimate of drug-likeness (QED) is 0.427. The second-order valence-electron chi connectivity index (χ2n) is 6.31. The van der Waals surface area contributed by atoms with Gasteiger partial charge in [-0.3, -0.25) is 4.79 Å². The highest BCUT2D eigenvalue weighted by atomic mass is 32.2. The van der Waals surface area contributed by atoms with Crippen molar-refractivity contribution in [3.05, 3.63) is 65.9 Å². The normalized spacial score (nSPS) is 11.2. The summed E-state index contributed by atoms with van der Waals surface area (Å²) in [6, 6.07) is 13.3. The predicted molar refractivity (Wildman–Crippen MR) is 110 cm³/mol. The number of amides is 1.